The van der Waals surface area contributed by atoms with E-state index in [-0.39, 0.29) is 5.91 Å². The number of carbonyl (C=O) groups is 1. The number of primary amides is 1. The van der Waals surface area contributed by atoms with E-state index in [1.807, 2.05) is 13.0 Å². The largest absolute Gasteiger partial charge is 0.370 e. The highest BCUT2D eigenvalue weighted by molar-refractivity contribution is 5.73. The lowest BCUT2D eigenvalue weighted by Crippen LogP contribution is -2.11. The third-order valence-electron chi connectivity index (χ3n) is 1.93. The number of carbonyl (C=O) groups excluding carboxylic acids is 1. The van der Waals surface area contributed by atoms with Crippen molar-refractivity contribution in [3.05, 3.63) is 18.0 Å². The second-order valence-electron chi connectivity index (χ2n) is 3.37. The lowest BCUT2D eigenvalue weighted by atomic mass is 10.2. The van der Waals surface area contributed by atoms with Gasteiger partial charge in [-0.05, 0) is 25.8 Å². The summed E-state index contributed by atoms with van der Waals surface area (Å²) >= 11 is 0. The average Bonchev–Trinajstić information content (AvgIpc) is 2.17. The van der Waals surface area contributed by atoms with E-state index in [0.29, 0.717) is 12.4 Å². The fourth-order valence-electron chi connectivity index (χ4n) is 1.16. The first-order valence-electron chi connectivity index (χ1n) is 5.00. The van der Waals surface area contributed by atoms with Crippen LogP contribution in [-0.2, 0) is 4.79 Å². The first kappa shape index (κ1) is 11.4. The Morgan fingerprint density at radius 2 is 2.33 bits per heavy atom. The molecule has 0 spiro atoms. The number of rotatable bonds is 6. The topological polar surface area (TPSA) is 80.9 Å². The molecule has 0 aliphatic heterocycles. The number of nitrogens with one attached hydrogen (secondary N) is 1. The number of aromatic nitrogens is 2. The molecule has 3 N–H and O–H groups in total. The third kappa shape index (κ3) is 4.95. The number of nitrogens with two attached hydrogens (primary N) is 1. The molecular weight excluding hydrogens is 192 g/mol. The molecule has 1 aromatic rings. The van der Waals surface area contributed by atoms with Crippen LogP contribution in [-0.4, -0.2) is 22.4 Å². The lowest BCUT2D eigenvalue weighted by Gasteiger charge is -2.03. The Hall–Kier alpha value is -1.65. The van der Waals surface area contributed by atoms with Crippen LogP contribution in [0.1, 0.15) is 25.0 Å². The molecule has 0 bridgehead atoms. The minimum atomic E-state index is -0.248. The standard InChI is InChI=1S/C10H16N4O/c1-8-5-7-13-10(14-8)12-6-3-2-4-9(11)15/h5,7H,2-4,6H2,1H3,(H2,11,15)(H,12,13,14). The van der Waals surface area contributed by atoms with Crippen LogP contribution in [0.5, 0.6) is 0 Å². The van der Waals surface area contributed by atoms with Crippen LogP contribution < -0.4 is 11.1 Å². The number of unbranched alkanes of at least 4 members (excludes halogenated alkanes) is 1. The molecule has 15 heavy (non-hydrogen) atoms. The van der Waals surface area contributed by atoms with Gasteiger partial charge in [0.15, 0.2) is 0 Å². The number of hydrogen-bond acceptors (Lipinski definition) is 4. The maximum atomic E-state index is 10.5. The minimum absolute atomic E-state index is 0.248. The van der Waals surface area contributed by atoms with Crippen LogP contribution >= 0.6 is 0 Å². The molecule has 1 aromatic heterocycles. The molecule has 1 rings (SSSR count). The molecule has 0 aliphatic carbocycles. The Bertz CT molecular complexity index is 327. The fourth-order valence-corrected chi connectivity index (χ4v) is 1.16. The van der Waals surface area contributed by atoms with Gasteiger partial charge in [0, 0.05) is 24.9 Å². The van der Waals surface area contributed by atoms with Gasteiger partial charge in [0.2, 0.25) is 11.9 Å². The average molecular weight is 208 g/mol. The predicted molar refractivity (Wildman–Crippen MR) is 58.3 cm³/mol. The van der Waals surface area contributed by atoms with Gasteiger partial charge in [0.1, 0.15) is 0 Å². The summed E-state index contributed by atoms with van der Waals surface area (Å²) < 4.78 is 0. The van der Waals surface area contributed by atoms with Gasteiger partial charge in [-0.1, -0.05) is 0 Å². The zero-order valence-corrected chi connectivity index (χ0v) is 8.86. The second-order valence-corrected chi connectivity index (χ2v) is 3.37. The lowest BCUT2D eigenvalue weighted by molar-refractivity contribution is -0.118. The van der Waals surface area contributed by atoms with E-state index >= 15 is 0 Å². The maximum absolute atomic E-state index is 10.5. The van der Waals surface area contributed by atoms with Gasteiger partial charge in [-0.3, -0.25) is 4.79 Å². The van der Waals surface area contributed by atoms with Crippen LogP contribution in [0.4, 0.5) is 5.95 Å². The smallest absolute Gasteiger partial charge is 0.222 e. The highest BCUT2D eigenvalue weighted by Crippen LogP contribution is 2.00. The zero-order chi connectivity index (χ0) is 11.1. The molecule has 0 saturated carbocycles. The molecular formula is C10H16N4O. The Kier molecular flexibility index (Phi) is 4.53. The summed E-state index contributed by atoms with van der Waals surface area (Å²) in [6.07, 6.45) is 3.85. The number of aryl methyl sites for hydroxylation is 1. The SMILES string of the molecule is Cc1ccnc(NCCCCC(N)=O)n1. The van der Waals surface area contributed by atoms with E-state index in [1.54, 1.807) is 6.20 Å². The molecule has 82 valence electrons. The van der Waals surface area contributed by atoms with Crippen LogP contribution in [0.25, 0.3) is 0 Å². The summed E-state index contributed by atoms with van der Waals surface area (Å²) in [5.41, 5.74) is 5.96. The van der Waals surface area contributed by atoms with Gasteiger partial charge in [-0.2, -0.15) is 0 Å². The van der Waals surface area contributed by atoms with Gasteiger partial charge in [-0.15, -0.1) is 0 Å². The highest BCUT2D eigenvalue weighted by atomic mass is 16.1. The first-order chi connectivity index (χ1) is 7.18. The van der Waals surface area contributed by atoms with Crippen LogP contribution in [0.2, 0.25) is 0 Å². The van der Waals surface area contributed by atoms with Crippen molar-refractivity contribution in [2.75, 3.05) is 11.9 Å². The summed E-state index contributed by atoms with van der Waals surface area (Å²) in [6.45, 7) is 2.68. The third-order valence-corrected chi connectivity index (χ3v) is 1.93. The quantitative estimate of drug-likeness (QED) is 0.679. The van der Waals surface area contributed by atoms with Crippen molar-refractivity contribution in [2.24, 2.45) is 5.73 Å². The molecule has 0 fully saturated rings. The molecule has 0 atom stereocenters. The normalized spacial score (nSPS) is 9.93. The van der Waals surface area contributed by atoms with Crippen molar-refractivity contribution >= 4 is 11.9 Å². The van der Waals surface area contributed by atoms with Gasteiger partial charge in [-0.25, -0.2) is 9.97 Å². The molecule has 0 unspecified atom stereocenters. The molecule has 5 heteroatoms. The Labute approximate surface area is 89.1 Å². The first-order valence-corrected chi connectivity index (χ1v) is 5.00. The van der Waals surface area contributed by atoms with Crippen molar-refractivity contribution in [2.45, 2.75) is 26.2 Å². The van der Waals surface area contributed by atoms with Crippen molar-refractivity contribution < 1.29 is 4.79 Å². The molecule has 0 saturated heterocycles. The Morgan fingerprint density at radius 3 is 3.00 bits per heavy atom. The number of amides is 1. The van der Waals surface area contributed by atoms with Crippen molar-refractivity contribution in [1.29, 1.82) is 0 Å². The summed E-state index contributed by atoms with van der Waals surface area (Å²) in [7, 11) is 0. The Balaban J connectivity index is 2.17. The van der Waals surface area contributed by atoms with E-state index in [0.717, 1.165) is 25.1 Å². The van der Waals surface area contributed by atoms with Gasteiger partial charge < -0.3 is 11.1 Å². The summed E-state index contributed by atoms with van der Waals surface area (Å²) in [4.78, 5) is 18.7. The Morgan fingerprint density at radius 1 is 1.53 bits per heavy atom. The maximum Gasteiger partial charge on any atom is 0.222 e. The second kappa shape index (κ2) is 5.95. The van der Waals surface area contributed by atoms with Crippen molar-refractivity contribution in [1.82, 2.24) is 9.97 Å². The number of hydrogen-bond donors (Lipinski definition) is 2. The number of nitrogens with zero attached hydrogens (tertiary/aromatic N) is 2. The molecule has 0 aliphatic rings. The van der Waals surface area contributed by atoms with E-state index in [4.69, 9.17) is 5.73 Å². The van der Waals surface area contributed by atoms with E-state index in [9.17, 15) is 4.79 Å². The monoisotopic (exact) mass is 208 g/mol. The van der Waals surface area contributed by atoms with E-state index in [1.165, 1.54) is 0 Å². The minimum Gasteiger partial charge on any atom is -0.370 e. The number of anilines is 1. The van der Waals surface area contributed by atoms with Crippen LogP contribution in [0.3, 0.4) is 0 Å². The summed E-state index contributed by atoms with van der Waals surface area (Å²) in [6, 6.07) is 1.85. The molecule has 0 aromatic carbocycles. The fraction of sp³-hybridized carbons (Fsp3) is 0.500. The molecule has 1 heterocycles. The van der Waals surface area contributed by atoms with Gasteiger partial charge in [0.25, 0.3) is 0 Å². The summed E-state index contributed by atoms with van der Waals surface area (Å²) in [5.74, 6) is 0.385. The van der Waals surface area contributed by atoms with Crippen molar-refractivity contribution in [3.8, 4) is 0 Å². The molecule has 1 amide bonds. The van der Waals surface area contributed by atoms with Crippen molar-refractivity contribution in [3.63, 3.8) is 0 Å². The molecule has 5 nitrogen and oxygen atoms in total. The predicted octanol–water partition coefficient (Wildman–Crippen LogP) is 0.853. The van der Waals surface area contributed by atoms with Gasteiger partial charge in [0.05, 0.1) is 0 Å². The zero-order valence-electron chi connectivity index (χ0n) is 8.86. The van der Waals surface area contributed by atoms with Gasteiger partial charge >= 0.3 is 0 Å². The van der Waals surface area contributed by atoms with E-state index in [2.05, 4.69) is 15.3 Å². The van der Waals surface area contributed by atoms with Crippen LogP contribution in [0.15, 0.2) is 12.3 Å². The van der Waals surface area contributed by atoms with E-state index < -0.39 is 0 Å². The van der Waals surface area contributed by atoms with Crippen LogP contribution in [0, 0.1) is 6.92 Å². The molecule has 0 radical (unpaired) electrons. The summed E-state index contributed by atoms with van der Waals surface area (Å²) in [5, 5.41) is 3.08. The highest BCUT2D eigenvalue weighted by Gasteiger charge is 1.96.